The van der Waals surface area contributed by atoms with Crippen LogP contribution in [-0.4, -0.2) is 58.4 Å². The number of hydrogen-bond donors (Lipinski definition) is 1. The van der Waals surface area contributed by atoms with Crippen LogP contribution in [0, 0.1) is 6.92 Å². The molecule has 0 saturated carbocycles. The first-order valence-electron chi connectivity index (χ1n) is 9.20. The van der Waals surface area contributed by atoms with E-state index in [1.807, 2.05) is 36.5 Å². The number of rotatable bonds is 5. The van der Waals surface area contributed by atoms with Crippen LogP contribution in [-0.2, 0) is 18.2 Å². The van der Waals surface area contributed by atoms with Crippen LogP contribution in [0.3, 0.4) is 0 Å². The number of nitrogens with zero attached hydrogens (tertiary/aromatic N) is 5. The van der Waals surface area contributed by atoms with Crippen molar-refractivity contribution in [1.82, 2.24) is 25.0 Å². The zero-order valence-electron chi connectivity index (χ0n) is 16.3. The molecule has 0 amide bonds. The van der Waals surface area contributed by atoms with E-state index in [0.717, 1.165) is 44.1 Å². The third kappa shape index (κ3) is 5.90. The van der Waals surface area contributed by atoms with Crippen molar-refractivity contribution in [3.63, 3.8) is 0 Å². The normalized spacial score (nSPS) is 17.5. The van der Waals surface area contributed by atoms with E-state index in [-0.39, 0.29) is 30.1 Å². The van der Waals surface area contributed by atoms with Gasteiger partial charge >= 0.3 is 0 Å². The smallest absolute Gasteiger partial charge is 0.194 e. The summed E-state index contributed by atoms with van der Waals surface area (Å²) >= 11 is 0. The molecule has 1 saturated heterocycles. The van der Waals surface area contributed by atoms with Gasteiger partial charge in [0.2, 0.25) is 0 Å². The second-order valence-corrected chi connectivity index (χ2v) is 6.54. The average Bonchev–Trinajstić information content (AvgIpc) is 3.09. The zero-order chi connectivity index (χ0) is 18.4. The van der Waals surface area contributed by atoms with Crippen LogP contribution in [0.2, 0.25) is 0 Å². The molecule has 1 unspecified atom stereocenters. The van der Waals surface area contributed by atoms with Crippen LogP contribution in [0.1, 0.15) is 29.7 Å². The molecule has 1 aliphatic rings. The first-order valence-corrected chi connectivity index (χ1v) is 9.20. The van der Waals surface area contributed by atoms with E-state index >= 15 is 0 Å². The Balaban J connectivity index is 0.00000261. The van der Waals surface area contributed by atoms with Crippen LogP contribution >= 0.6 is 24.0 Å². The molecule has 1 aliphatic heterocycles. The number of pyridine rings is 1. The molecule has 148 valence electrons. The first kappa shape index (κ1) is 21.6. The van der Waals surface area contributed by atoms with Gasteiger partial charge in [-0.3, -0.25) is 14.7 Å². The fourth-order valence-electron chi connectivity index (χ4n) is 3.14. The summed E-state index contributed by atoms with van der Waals surface area (Å²) in [5, 5.41) is 7.67. The van der Waals surface area contributed by atoms with Gasteiger partial charge in [0.25, 0.3) is 0 Å². The molecule has 8 heteroatoms. The van der Waals surface area contributed by atoms with Gasteiger partial charge in [-0.25, -0.2) is 0 Å². The van der Waals surface area contributed by atoms with Crippen molar-refractivity contribution >= 4 is 29.9 Å². The molecule has 2 aromatic heterocycles. The SMILES string of the molecule is CCNC(=NCCc1ccncc1C)N1CCOC(c2cnn(C)c2)C1.I. The predicted molar refractivity (Wildman–Crippen MR) is 118 cm³/mol. The van der Waals surface area contributed by atoms with Crippen molar-refractivity contribution in [2.75, 3.05) is 32.8 Å². The lowest BCUT2D eigenvalue weighted by atomic mass is 10.1. The molecule has 2 aromatic rings. The Kier molecular flexibility index (Phi) is 8.49. The summed E-state index contributed by atoms with van der Waals surface area (Å²) in [6.45, 7) is 8.11. The standard InChI is InChI=1S/C19H28N6O.HI/c1-4-21-19(22-8-6-16-5-7-20-11-15(16)2)25-9-10-26-18(14-25)17-12-23-24(3)13-17;/h5,7,11-13,18H,4,6,8-10,14H2,1-3H3,(H,21,22);1H. The van der Waals surface area contributed by atoms with Crippen molar-refractivity contribution in [1.29, 1.82) is 0 Å². The molecule has 0 aliphatic carbocycles. The van der Waals surface area contributed by atoms with Gasteiger partial charge in [-0.1, -0.05) is 0 Å². The second kappa shape index (κ2) is 10.6. The zero-order valence-corrected chi connectivity index (χ0v) is 18.6. The van der Waals surface area contributed by atoms with E-state index in [0.29, 0.717) is 6.61 Å². The van der Waals surface area contributed by atoms with Gasteiger partial charge in [-0.05, 0) is 37.5 Å². The van der Waals surface area contributed by atoms with Gasteiger partial charge in [-0.2, -0.15) is 5.10 Å². The van der Waals surface area contributed by atoms with E-state index in [1.54, 1.807) is 0 Å². The number of ether oxygens (including phenoxy) is 1. The maximum atomic E-state index is 5.94. The maximum absolute atomic E-state index is 5.94. The first-order chi connectivity index (χ1) is 12.7. The summed E-state index contributed by atoms with van der Waals surface area (Å²) in [4.78, 5) is 11.3. The summed E-state index contributed by atoms with van der Waals surface area (Å²) in [5.41, 5.74) is 3.63. The molecule has 0 spiro atoms. The van der Waals surface area contributed by atoms with Crippen LogP contribution in [0.25, 0.3) is 0 Å². The van der Waals surface area contributed by atoms with Crippen LogP contribution < -0.4 is 5.32 Å². The summed E-state index contributed by atoms with van der Waals surface area (Å²) in [5.74, 6) is 0.955. The topological polar surface area (TPSA) is 67.6 Å². The molecule has 3 rings (SSSR count). The number of aromatic nitrogens is 3. The van der Waals surface area contributed by atoms with Crippen LogP contribution in [0.4, 0.5) is 0 Å². The van der Waals surface area contributed by atoms with Gasteiger partial charge < -0.3 is 15.0 Å². The number of morpholine rings is 1. The van der Waals surface area contributed by atoms with Crippen LogP contribution in [0.15, 0.2) is 35.8 Å². The van der Waals surface area contributed by atoms with Crippen molar-refractivity contribution < 1.29 is 4.74 Å². The molecular formula is C19H29IN6O. The lowest BCUT2D eigenvalue weighted by Crippen LogP contribution is -2.48. The van der Waals surface area contributed by atoms with Crippen molar-refractivity contribution in [2.24, 2.45) is 12.0 Å². The Hall–Kier alpha value is -1.68. The van der Waals surface area contributed by atoms with Gasteiger partial charge in [0, 0.05) is 50.8 Å². The molecule has 0 radical (unpaired) electrons. The Morgan fingerprint density at radius 1 is 1.41 bits per heavy atom. The van der Waals surface area contributed by atoms with E-state index in [2.05, 4.69) is 40.2 Å². The van der Waals surface area contributed by atoms with Gasteiger partial charge in [0.15, 0.2) is 5.96 Å². The summed E-state index contributed by atoms with van der Waals surface area (Å²) in [7, 11) is 1.93. The van der Waals surface area contributed by atoms with Gasteiger partial charge in [0.05, 0.1) is 19.3 Å². The highest BCUT2D eigenvalue weighted by molar-refractivity contribution is 14.0. The highest BCUT2D eigenvalue weighted by atomic mass is 127. The minimum atomic E-state index is 0. The highest BCUT2D eigenvalue weighted by Crippen LogP contribution is 2.21. The fourth-order valence-corrected chi connectivity index (χ4v) is 3.14. The van der Waals surface area contributed by atoms with E-state index in [4.69, 9.17) is 9.73 Å². The van der Waals surface area contributed by atoms with Crippen LogP contribution in [0.5, 0.6) is 0 Å². The summed E-state index contributed by atoms with van der Waals surface area (Å²) in [6, 6.07) is 2.07. The summed E-state index contributed by atoms with van der Waals surface area (Å²) < 4.78 is 7.75. The monoisotopic (exact) mass is 484 g/mol. The average molecular weight is 484 g/mol. The lowest BCUT2D eigenvalue weighted by Gasteiger charge is -2.34. The minimum Gasteiger partial charge on any atom is -0.370 e. The van der Waals surface area contributed by atoms with Gasteiger partial charge in [-0.15, -0.1) is 24.0 Å². The third-order valence-corrected chi connectivity index (χ3v) is 4.58. The third-order valence-electron chi connectivity index (χ3n) is 4.58. The number of aryl methyl sites for hydroxylation is 2. The molecule has 7 nitrogen and oxygen atoms in total. The fraction of sp³-hybridized carbons (Fsp3) is 0.526. The van der Waals surface area contributed by atoms with E-state index < -0.39 is 0 Å². The quantitative estimate of drug-likeness (QED) is 0.401. The van der Waals surface area contributed by atoms with E-state index in [1.165, 1.54) is 11.1 Å². The lowest BCUT2D eigenvalue weighted by molar-refractivity contribution is -0.00803. The minimum absolute atomic E-state index is 0. The molecule has 0 bridgehead atoms. The molecule has 1 atom stereocenters. The highest BCUT2D eigenvalue weighted by Gasteiger charge is 2.25. The Labute approximate surface area is 178 Å². The largest absolute Gasteiger partial charge is 0.370 e. The maximum Gasteiger partial charge on any atom is 0.194 e. The molecule has 1 N–H and O–H groups in total. The number of guanidine groups is 1. The summed E-state index contributed by atoms with van der Waals surface area (Å²) in [6.07, 6.45) is 8.60. The molecule has 1 fully saturated rings. The van der Waals surface area contributed by atoms with Gasteiger partial charge in [0.1, 0.15) is 6.10 Å². The predicted octanol–water partition coefficient (Wildman–Crippen LogP) is 2.32. The van der Waals surface area contributed by atoms with E-state index in [9.17, 15) is 0 Å². The number of halogens is 1. The molecule has 3 heterocycles. The molecule has 0 aromatic carbocycles. The Morgan fingerprint density at radius 3 is 2.96 bits per heavy atom. The number of nitrogens with one attached hydrogen (secondary N) is 1. The Morgan fingerprint density at radius 2 is 2.26 bits per heavy atom. The second-order valence-electron chi connectivity index (χ2n) is 6.54. The van der Waals surface area contributed by atoms with Crippen molar-refractivity contribution in [3.8, 4) is 0 Å². The number of hydrogen-bond acceptors (Lipinski definition) is 4. The molecule has 27 heavy (non-hydrogen) atoms. The van der Waals surface area contributed by atoms with Crippen molar-refractivity contribution in [3.05, 3.63) is 47.5 Å². The number of aliphatic imine (C=N–C) groups is 1. The molecular weight excluding hydrogens is 455 g/mol. The van der Waals surface area contributed by atoms with Crippen molar-refractivity contribution in [2.45, 2.75) is 26.4 Å². The Bertz CT molecular complexity index is 747.